The number of ether oxygens (including phenoxy) is 1. The monoisotopic (exact) mass is 314 g/mol. The number of rotatable bonds is 5. The summed E-state index contributed by atoms with van der Waals surface area (Å²) in [4.78, 5) is 18.1. The maximum atomic E-state index is 12.3. The third-order valence-electron chi connectivity index (χ3n) is 3.94. The molecule has 1 aliphatic heterocycles. The molecule has 2 aromatic rings. The number of amides is 2. The Morgan fingerprint density at radius 3 is 3.00 bits per heavy atom. The Morgan fingerprint density at radius 1 is 1.35 bits per heavy atom. The van der Waals surface area contributed by atoms with E-state index >= 15 is 0 Å². The lowest BCUT2D eigenvalue weighted by molar-refractivity contribution is -0.0132. The summed E-state index contributed by atoms with van der Waals surface area (Å²) in [7, 11) is 0. The molecule has 6 heteroatoms. The highest BCUT2D eigenvalue weighted by Crippen LogP contribution is 2.11. The van der Waals surface area contributed by atoms with E-state index in [9.17, 15) is 4.79 Å². The van der Waals surface area contributed by atoms with Crippen LogP contribution in [-0.4, -0.2) is 52.8 Å². The molecular weight excluding hydrogens is 292 g/mol. The van der Waals surface area contributed by atoms with Crippen LogP contribution in [0, 0.1) is 0 Å². The van der Waals surface area contributed by atoms with Crippen molar-refractivity contribution in [2.75, 3.05) is 26.2 Å². The van der Waals surface area contributed by atoms with Gasteiger partial charge in [-0.1, -0.05) is 30.3 Å². The van der Waals surface area contributed by atoms with Crippen LogP contribution in [0.15, 0.2) is 49.1 Å². The normalized spacial score (nSPS) is 17.9. The molecule has 0 saturated carbocycles. The Morgan fingerprint density at radius 2 is 2.22 bits per heavy atom. The summed E-state index contributed by atoms with van der Waals surface area (Å²) in [5.74, 6) is 0. The van der Waals surface area contributed by atoms with Crippen LogP contribution in [0.5, 0.6) is 0 Å². The smallest absolute Gasteiger partial charge is 0.317 e. The van der Waals surface area contributed by atoms with Gasteiger partial charge in [0.15, 0.2) is 0 Å². The van der Waals surface area contributed by atoms with E-state index in [4.69, 9.17) is 4.74 Å². The highest BCUT2D eigenvalue weighted by molar-refractivity contribution is 5.74. The van der Waals surface area contributed by atoms with Crippen molar-refractivity contribution in [1.82, 2.24) is 19.8 Å². The molecule has 1 N–H and O–H groups in total. The van der Waals surface area contributed by atoms with E-state index in [1.807, 2.05) is 33.9 Å². The first-order chi connectivity index (χ1) is 11.3. The fourth-order valence-corrected chi connectivity index (χ4v) is 2.73. The van der Waals surface area contributed by atoms with Crippen molar-refractivity contribution < 1.29 is 9.53 Å². The first kappa shape index (κ1) is 15.6. The van der Waals surface area contributed by atoms with Gasteiger partial charge in [-0.15, -0.1) is 0 Å². The number of aromatic nitrogens is 2. The molecule has 6 nitrogen and oxygen atoms in total. The first-order valence-corrected chi connectivity index (χ1v) is 7.95. The first-order valence-electron chi connectivity index (χ1n) is 7.95. The summed E-state index contributed by atoms with van der Waals surface area (Å²) in [6.07, 6.45) is 6.26. The number of carbonyl (C=O) groups excluding carboxylic acids is 1. The van der Waals surface area contributed by atoms with E-state index in [1.54, 1.807) is 12.5 Å². The van der Waals surface area contributed by atoms with E-state index in [0.717, 1.165) is 13.0 Å². The van der Waals surface area contributed by atoms with Gasteiger partial charge in [0.2, 0.25) is 0 Å². The van der Waals surface area contributed by atoms with Crippen LogP contribution >= 0.6 is 0 Å². The zero-order chi connectivity index (χ0) is 15.9. The van der Waals surface area contributed by atoms with E-state index in [1.165, 1.54) is 5.56 Å². The summed E-state index contributed by atoms with van der Waals surface area (Å²) < 4.78 is 7.73. The van der Waals surface area contributed by atoms with E-state index in [2.05, 4.69) is 22.4 Å². The molecule has 1 saturated heterocycles. The minimum absolute atomic E-state index is 0.0218. The van der Waals surface area contributed by atoms with Crippen LogP contribution in [0.25, 0.3) is 0 Å². The predicted molar refractivity (Wildman–Crippen MR) is 87.1 cm³/mol. The Hall–Kier alpha value is -2.34. The summed E-state index contributed by atoms with van der Waals surface area (Å²) >= 11 is 0. The molecule has 0 spiro atoms. The third kappa shape index (κ3) is 4.56. The number of nitrogens with one attached hydrogen (secondary N) is 1. The van der Waals surface area contributed by atoms with Crippen molar-refractivity contribution in [3.05, 3.63) is 54.6 Å². The van der Waals surface area contributed by atoms with Gasteiger partial charge in [-0.3, -0.25) is 0 Å². The number of nitrogens with zero attached hydrogens (tertiary/aromatic N) is 3. The van der Waals surface area contributed by atoms with Gasteiger partial charge < -0.3 is 19.5 Å². The number of morpholine rings is 1. The van der Waals surface area contributed by atoms with Gasteiger partial charge in [0, 0.05) is 45.0 Å². The molecule has 1 aromatic carbocycles. The van der Waals surface area contributed by atoms with Gasteiger partial charge in [-0.2, -0.15) is 0 Å². The van der Waals surface area contributed by atoms with Gasteiger partial charge in [-0.25, -0.2) is 9.78 Å². The van der Waals surface area contributed by atoms with Crippen LogP contribution in [-0.2, 0) is 17.7 Å². The Bertz CT molecular complexity index is 600. The van der Waals surface area contributed by atoms with Crippen molar-refractivity contribution in [3.63, 3.8) is 0 Å². The minimum Gasteiger partial charge on any atom is -0.374 e. The molecule has 3 rings (SSSR count). The lowest BCUT2D eigenvalue weighted by atomic mass is 10.1. The summed E-state index contributed by atoms with van der Waals surface area (Å²) in [5.41, 5.74) is 1.24. The molecule has 122 valence electrons. The van der Waals surface area contributed by atoms with Crippen LogP contribution in [0.4, 0.5) is 4.79 Å². The third-order valence-corrected chi connectivity index (χ3v) is 3.94. The standard InChI is InChI=1S/C17H22N4O2/c22-17(19-7-9-20-8-6-18-14-20)21-10-11-23-16(13-21)12-15-4-2-1-3-5-15/h1-6,8,14,16H,7,9-13H2,(H,19,22)/t16-/m1/s1. The molecule has 1 aliphatic rings. The van der Waals surface area contributed by atoms with Crippen molar-refractivity contribution in [2.45, 2.75) is 19.1 Å². The maximum Gasteiger partial charge on any atom is 0.317 e. The van der Waals surface area contributed by atoms with Gasteiger partial charge >= 0.3 is 6.03 Å². The van der Waals surface area contributed by atoms with Crippen LogP contribution in [0.3, 0.4) is 0 Å². The predicted octanol–water partition coefficient (Wildman–Crippen LogP) is 1.54. The fraction of sp³-hybridized carbons (Fsp3) is 0.412. The zero-order valence-corrected chi connectivity index (χ0v) is 13.1. The van der Waals surface area contributed by atoms with Crippen LogP contribution in [0.2, 0.25) is 0 Å². The number of carbonyl (C=O) groups is 1. The molecule has 1 fully saturated rings. The highest BCUT2D eigenvalue weighted by Gasteiger charge is 2.24. The SMILES string of the molecule is O=C(NCCn1ccnc1)N1CCO[C@H](Cc2ccccc2)C1. The van der Waals surface area contributed by atoms with Gasteiger partial charge in [-0.05, 0) is 5.56 Å². The Labute approximate surface area is 136 Å². The minimum atomic E-state index is -0.0218. The van der Waals surface area contributed by atoms with Crippen molar-refractivity contribution in [2.24, 2.45) is 0 Å². The molecule has 0 aliphatic carbocycles. The number of hydrogen-bond donors (Lipinski definition) is 1. The molecule has 0 radical (unpaired) electrons. The van der Waals surface area contributed by atoms with Crippen molar-refractivity contribution in [3.8, 4) is 0 Å². The maximum absolute atomic E-state index is 12.3. The molecule has 0 bridgehead atoms. The lowest BCUT2D eigenvalue weighted by Gasteiger charge is -2.33. The molecule has 0 unspecified atom stereocenters. The molecular formula is C17H22N4O2. The number of imidazole rings is 1. The Kier molecular flexibility index (Phi) is 5.26. The van der Waals surface area contributed by atoms with E-state index < -0.39 is 0 Å². The second-order valence-electron chi connectivity index (χ2n) is 5.66. The second kappa shape index (κ2) is 7.78. The average molecular weight is 314 g/mol. The molecule has 1 aromatic heterocycles. The van der Waals surface area contributed by atoms with Crippen molar-refractivity contribution in [1.29, 1.82) is 0 Å². The molecule has 1 atom stereocenters. The summed E-state index contributed by atoms with van der Waals surface area (Å²) in [5, 5.41) is 2.96. The second-order valence-corrected chi connectivity index (χ2v) is 5.66. The lowest BCUT2D eigenvalue weighted by Crippen LogP contribution is -2.50. The average Bonchev–Trinajstić information content (AvgIpc) is 3.09. The summed E-state index contributed by atoms with van der Waals surface area (Å²) in [6, 6.07) is 10.2. The highest BCUT2D eigenvalue weighted by atomic mass is 16.5. The number of benzene rings is 1. The zero-order valence-electron chi connectivity index (χ0n) is 13.1. The van der Waals surface area contributed by atoms with E-state index in [-0.39, 0.29) is 12.1 Å². The molecule has 2 heterocycles. The van der Waals surface area contributed by atoms with Crippen LogP contribution in [0.1, 0.15) is 5.56 Å². The summed E-state index contributed by atoms with van der Waals surface area (Å²) in [6.45, 7) is 3.18. The van der Waals surface area contributed by atoms with Gasteiger partial charge in [0.1, 0.15) is 0 Å². The number of urea groups is 1. The van der Waals surface area contributed by atoms with Gasteiger partial charge in [0.25, 0.3) is 0 Å². The van der Waals surface area contributed by atoms with Gasteiger partial charge in [0.05, 0.1) is 19.0 Å². The quantitative estimate of drug-likeness (QED) is 0.910. The van der Waals surface area contributed by atoms with Crippen LogP contribution < -0.4 is 5.32 Å². The van der Waals surface area contributed by atoms with Crippen molar-refractivity contribution >= 4 is 6.03 Å². The molecule has 23 heavy (non-hydrogen) atoms. The fourth-order valence-electron chi connectivity index (χ4n) is 2.73. The Balaban J connectivity index is 1.44. The topological polar surface area (TPSA) is 59.4 Å². The number of hydrogen-bond acceptors (Lipinski definition) is 3. The largest absolute Gasteiger partial charge is 0.374 e. The van der Waals surface area contributed by atoms with E-state index in [0.29, 0.717) is 26.2 Å². The molecule has 2 amide bonds.